The SMILES string of the molecule is CC1(C)c2ccccc2-c2c1cc(-c1ccc(-c3c4ccccc4cc4c3ccc3ccccc34)cc1-c1ccccc1)c1ccccc21. The van der Waals surface area contributed by atoms with Crippen LogP contribution in [0.3, 0.4) is 0 Å². The van der Waals surface area contributed by atoms with Gasteiger partial charge in [0.25, 0.3) is 0 Å². The van der Waals surface area contributed by atoms with Crippen LogP contribution >= 0.6 is 0 Å². The molecule has 0 heteroatoms. The van der Waals surface area contributed by atoms with E-state index in [9.17, 15) is 0 Å². The van der Waals surface area contributed by atoms with E-state index in [1.165, 1.54) is 98.7 Å². The third kappa shape index (κ3) is 4.11. The molecule has 10 rings (SSSR count). The Morgan fingerprint density at radius 3 is 1.80 bits per heavy atom. The summed E-state index contributed by atoms with van der Waals surface area (Å²) in [4.78, 5) is 0. The molecule has 49 heavy (non-hydrogen) atoms. The summed E-state index contributed by atoms with van der Waals surface area (Å²) in [7, 11) is 0. The van der Waals surface area contributed by atoms with Gasteiger partial charge in [0.2, 0.25) is 0 Å². The molecule has 0 amide bonds. The van der Waals surface area contributed by atoms with Crippen molar-refractivity contribution in [2.75, 3.05) is 0 Å². The summed E-state index contributed by atoms with van der Waals surface area (Å²) in [5, 5.41) is 10.3. The Morgan fingerprint density at radius 2 is 0.959 bits per heavy atom. The van der Waals surface area contributed by atoms with Crippen molar-refractivity contribution in [1.29, 1.82) is 0 Å². The van der Waals surface area contributed by atoms with E-state index in [-0.39, 0.29) is 5.41 Å². The Morgan fingerprint density at radius 1 is 0.306 bits per heavy atom. The van der Waals surface area contributed by atoms with Gasteiger partial charge in [0, 0.05) is 5.41 Å². The lowest BCUT2D eigenvalue weighted by Gasteiger charge is -2.24. The van der Waals surface area contributed by atoms with E-state index in [1.807, 2.05) is 0 Å². The Hall–Kier alpha value is -5.98. The lowest BCUT2D eigenvalue weighted by atomic mass is 9.79. The van der Waals surface area contributed by atoms with Gasteiger partial charge in [-0.2, -0.15) is 0 Å². The van der Waals surface area contributed by atoms with Gasteiger partial charge in [-0.3, -0.25) is 0 Å². The highest BCUT2D eigenvalue weighted by molar-refractivity contribution is 6.20. The largest absolute Gasteiger partial charge is 0.0622 e. The van der Waals surface area contributed by atoms with Crippen LogP contribution in [0.1, 0.15) is 25.0 Å². The van der Waals surface area contributed by atoms with E-state index in [2.05, 4.69) is 184 Å². The van der Waals surface area contributed by atoms with E-state index in [0.29, 0.717) is 0 Å². The molecule has 0 atom stereocenters. The molecular weight excluding hydrogens is 589 g/mol. The van der Waals surface area contributed by atoms with Crippen LogP contribution in [-0.4, -0.2) is 0 Å². The van der Waals surface area contributed by atoms with Crippen molar-refractivity contribution in [3.8, 4) is 44.5 Å². The maximum atomic E-state index is 2.50. The predicted octanol–water partition coefficient (Wildman–Crippen LogP) is 13.6. The first kappa shape index (κ1) is 28.1. The van der Waals surface area contributed by atoms with Gasteiger partial charge in [0.05, 0.1) is 0 Å². The summed E-state index contributed by atoms with van der Waals surface area (Å²) in [5.41, 5.74) is 13.0. The number of benzene rings is 9. The first-order valence-electron chi connectivity index (χ1n) is 17.3. The average molecular weight is 623 g/mol. The van der Waals surface area contributed by atoms with Gasteiger partial charge >= 0.3 is 0 Å². The van der Waals surface area contributed by atoms with Crippen molar-refractivity contribution in [2.24, 2.45) is 0 Å². The van der Waals surface area contributed by atoms with Crippen molar-refractivity contribution in [3.05, 3.63) is 181 Å². The van der Waals surface area contributed by atoms with Crippen LogP contribution < -0.4 is 0 Å². The lowest BCUT2D eigenvalue weighted by Crippen LogP contribution is -2.15. The molecule has 0 spiro atoms. The van der Waals surface area contributed by atoms with Crippen molar-refractivity contribution in [1.82, 2.24) is 0 Å². The average Bonchev–Trinajstić information content (AvgIpc) is 3.39. The highest BCUT2D eigenvalue weighted by Gasteiger charge is 2.37. The molecule has 0 bridgehead atoms. The molecule has 0 unspecified atom stereocenters. The summed E-state index contributed by atoms with van der Waals surface area (Å²) >= 11 is 0. The van der Waals surface area contributed by atoms with Gasteiger partial charge < -0.3 is 0 Å². The van der Waals surface area contributed by atoms with Gasteiger partial charge in [0.1, 0.15) is 0 Å². The Kier molecular flexibility index (Phi) is 6.02. The zero-order valence-electron chi connectivity index (χ0n) is 27.7. The summed E-state index contributed by atoms with van der Waals surface area (Å²) in [6.45, 7) is 4.76. The summed E-state index contributed by atoms with van der Waals surface area (Å²) in [5.74, 6) is 0. The fourth-order valence-corrected chi connectivity index (χ4v) is 8.69. The number of hydrogen-bond acceptors (Lipinski definition) is 0. The molecule has 230 valence electrons. The Labute approximate surface area is 286 Å². The first-order valence-corrected chi connectivity index (χ1v) is 17.3. The van der Waals surface area contributed by atoms with E-state index >= 15 is 0 Å². The van der Waals surface area contributed by atoms with Gasteiger partial charge in [0.15, 0.2) is 0 Å². The second-order valence-corrected chi connectivity index (χ2v) is 14.0. The number of hydrogen-bond donors (Lipinski definition) is 0. The van der Waals surface area contributed by atoms with E-state index < -0.39 is 0 Å². The second-order valence-electron chi connectivity index (χ2n) is 14.0. The van der Waals surface area contributed by atoms with Crippen LogP contribution in [-0.2, 0) is 5.41 Å². The molecule has 1 aliphatic carbocycles. The van der Waals surface area contributed by atoms with E-state index in [1.54, 1.807) is 0 Å². The van der Waals surface area contributed by atoms with Crippen LogP contribution in [0.4, 0.5) is 0 Å². The highest BCUT2D eigenvalue weighted by Crippen LogP contribution is 2.54. The maximum absolute atomic E-state index is 2.50. The highest BCUT2D eigenvalue weighted by atomic mass is 14.4. The fraction of sp³-hybridized carbons (Fsp3) is 0.0612. The van der Waals surface area contributed by atoms with Gasteiger partial charge in [-0.05, 0) is 117 Å². The van der Waals surface area contributed by atoms with Crippen LogP contribution in [0, 0.1) is 0 Å². The van der Waals surface area contributed by atoms with Gasteiger partial charge in [-0.15, -0.1) is 0 Å². The van der Waals surface area contributed by atoms with E-state index in [0.717, 1.165) is 0 Å². The van der Waals surface area contributed by atoms with Gasteiger partial charge in [-0.1, -0.05) is 166 Å². The smallest absolute Gasteiger partial charge is 0.0159 e. The zero-order valence-corrected chi connectivity index (χ0v) is 27.7. The van der Waals surface area contributed by atoms with Crippen LogP contribution in [0.2, 0.25) is 0 Å². The second kappa shape index (κ2) is 10.5. The molecule has 0 heterocycles. The normalized spacial score (nSPS) is 13.3. The third-order valence-corrected chi connectivity index (χ3v) is 11.0. The molecule has 9 aromatic rings. The number of fused-ring (bicyclic) bond motifs is 9. The molecule has 0 fully saturated rings. The third-order valence-electron chi connectivity index (χ3n) is 11.0. The van der Waals surface area contributed by atoms with Crippen molar-refractivity contribution in [3.63, 3.8) is 0 Å². The summed E-state index contributed by atoms with van der Waals surface area (Å²) in [6.07, 6.45) is 0. The molecule has 0 saturated carbocycles. The Balaban J connectivity index is 1.29. The molecule has 9 aromatic carbocycles. The number of rotatable bonds is 3. The molecule has 0 aliphatic heterocycles. The van der Waals surface area contributed by atoms with Crippen molar-refractivity contribution < 1.29 is 0 Å². The molecular formula is C49H34. The van der Waals surface area contributed by atoms with Crippen LogP contribution in [0.25, 0.3) is 87.6 Å². The topological polar surface area (TPSA) is 0 Å². The predicted molar refractivity (Wildman–Crippen MR) is 210 cm³/mol. The van der Waals surface area contributed by atoms with Crippen LogP contribution in [0.15, 0.2) is 170 Å². The summed E-state index contributed by atoms with van der Waals surface area (Å²) in [6, 6.07) is 63.2. The van der Waals surface area contributed by atoms with Crippen LogP contribution in [0.5, 0.6) is 0 Å². The lowest BCUT2D eigenvalue weighted by molar-refractivity contribution is 0.661. The standard InChI is InChI=1S/C49H34/c1-49(2)45-23-13-12-22-41(45)48-39-21-11-10-20-37(39)44(30-46(48)49)38-26-25-34(29-42(38)31-14-4-3-5-15-31)47-36-19-9-7-17-33(36)28-43-35-18-8-6-16-32(35)24-27-40(43)47/h3-30H,1-2H3. The van der Waals surface area contributed by atoms with E-state index in [4.69, 9.17) is 0 Å². The molecule has 0 radical (unpaired) electrons. The van der Waals surface area contributed by atoms with Crippen molar-refractivity contribution in [2.45, 2.75) is 19.3 Å². The molecule has 0 nitrogen and oxygen atoms in total. The zero-order chi connectivity index (χ0) is 32.7. The molecule has 1 aliphatic rings. The quantitative estimate of drug-likeness (QED) is 0.136. The minimum absolute atomic E-state index is 0.0950. The molecule has 0 N–H and O–H groups in total. The van der Waals surface area contributed by atoms with Gasteiger partial charge in [-0.25, -0.2) is 0 Å². The first-order chi connectivity index (χ1) is 24.1. The van der Waals surface area contributed by atoms with Crippen molar-refractivity contribution >= 4 is 43.1 Å². The molecule has 0 saturated heterocycles. The Bertz CT molecular complexity index is 2780. The fourth-order valence-electron chi connectivity index (χ4n) is 8.69. The molecule has 0 aromatic heterocycles. The summed E-state index contributed by atoms with van der Waals surface area (Å²) < 4.78 is 0. The maximum Gasteiger partial charge on any atom is 0.0159 e. The minimum Gasteiger partial charge on any atom is -0.0622 e. The minimum atomic E-state index is -0.0950. The monoisotopic (exact) mass is 622 g/mol.